The second-order valence-corrected chi connectivity index (χ2v) is 4.24. The molecule has 1 N–H and O–H groups in total. The average molecular weight is 266 g/mol. The predicted molar refractivity (Wildman–Crippen MR) is 82.9 cm³/mol. The predicted octanol–water partition coefficient (Wildman–Crippen LogP) is 4.46. The molecule has 1 aromatic carbocycles. The highest BCUT2D eigenvalue weighted by Gasteiger charge is 2.09. The Kier molecular flexibility index (Phi) is 4.31. The minimum Gasteiger partial charge on any atom is -0.345 e. The second-order valence-electron chi connectivity index (χ2n) is 4.24. The fourth-order valence-corrected chi connectivity index (χ4v) is 2.08. The summed E-state index contributed by atoms with van der Waals surface area (Å²) in [5.74, 6) is 0.0493. The number of Topliss-reactive ketones (excluding diaryl/α,β-unsaturated/α-hetero) is 1. The van der Waals surface area contributed by atoms with E-state index in [1.807, 2.05) is 56.4 Å². The van der Waals surface area contributed by atoms with Crippen molar-refractivity contribution in [3.8, 4) is 11.1 Å². The number of aromatic nitrogens is 2. The number of carbonyl (C=O) groups excluding carboxylic acids is 1. The van der Waals surface area contributed by atoms with Crippen LogP contribution in [0.3, 0.4) is 0 Å². The van der Waals surface area contributed by atoms with Crippen LogP contribution in [0.25, 0.3) is 22.2 Å². The largest absolute Gasteiger partial charge is 0.345 e. The molecule has 0 saturated heterocycles. The van der Waals surface area contributed by atoms with Crippen LogP contribution in [0.2, 0.25) is 0 Å². The van der Waals surface area contributed by atoms with Gasteiger partial charge in [-0.25, -0.2) is 4.98 Å². The van der Waals surface area contributed by atoms with E-state index in [1.165, 1.54) is 0 Å². The van der Waals surface area contributed by atoms with Gasteiger partial charge in [-0.1, -0.05) is 44.2 Å². The Labute approximate surface area is 118 Å². The third-order valence-electron chi connectivity index (χ3n) is 3.02. The van der Waals surface area contributed by atoms with Crippen LogP contribution in [-0.2, 0) is 0 Å². The Morgan fingerprint density at radius 2 is 1.80 bits per heavy atom. The highest BCUT2D eigenvalue weighted by atomic mass is 16.1. The number of aromatic amines is 1. The topological polar surface area (TPSA) is 45.8 Å². The van der Waals surface area contributed by atoms with Crippen LogP contribution in [0.1, 0.15) is 31.1 Å². The zero-order valence-corrected chi connectivity index (χ0v) is 12.0. The van der Waals surface area contributed by atoms with Crippen LogP contribution in [-0.4, -0.2) is 15.8 Å². The van der Waals surface area contributed by atoms with Gasteiger partial charge < -0.3 is 4.98 Å². The third kappa shape index (κ3) is 2.62. The Morgan fingerprint density at radius 1 is 1.10 bits per heavy atom. The molecule has 20 heavy (non-hydrogen) atoms. The van der Waals surface area contributed by atoms with E-state index in [0.717, 1.165) is 22.2 Å². The van der Waals surface area contributed by atoms with E-state index >= 15 is 0 Å². The Bertz CT molecular complexity index is 714. The summed E-state index contributed by atoms with van der Waals surface area (Å²) in [7, 11) is 0. The van der Waals surface area contributed by atoms with Crippen LogP contribution in [0.15, 0.2) is 48.8 Å². The molecule has 0 fully saturated rings. The van der Waals surface area contributed by atoms with Crippen molar-refractivity contribution in [1.29, 1.82) is 0 Å². The minimum atomic E-state index is 0.0493. The molecule has 0 radical (unpaired) electrons. The molecule has 3 heteroatoms. The van der Waals surface area contributed by atoms with Gasteiger partial charge >= 0.3 is 0 Å². The number of hydrogen-bond donors (Lipinski definition) is 1. The van der Waals surface area contributed by atoms with Gasteiger partial charge in [0.2, 0.25) is 0 Å². The number of ketones is 1. The molecule has 0 aliphatic rings. The summed E-state index contributed by atoms with van der Waals surface area (Å²) in [6, 6.07) is 12.0. The van der Waals surface area contributed by atoms with Crippen LogP contribution in [0.4, 0.5) is 0 Å². The highest BCUT2D eigenvalue weighted by Crippen LogP contribution is 2.24. The summed E-state index contributed by atoms with van der Waals surface area (Å²) >= 11 is 0. The number of hydrogen-bond acceptors (Lipinski definition) is 2. The molecule has 0 aliphatic carbocycles. The molecule has 2 aromatic heterocycles. The standard InChI is InChI=1S/C15H12N2O.C2H6/c1-10(18)14-9-17-15-13(14)7-12(8-16-15)11-5-3-2-4-6-11;1-2/h2-9H,1H3,(H,16,17);1-2H3. The lowest BCUT2D eigenvalue weighted by Gasteiger charge is -2.01. The molecular formula is C17H18N2O. The number of fused-ring (bicyclic) bond motifs is 1. The molecule has 0 bridgehead atoms. The normalized spacial score (nSPS) is 9.95. The van der Waals surface area contributed by atoms with Crippen LogP contribution < -0.4 is 0 Å². The molecule has 0 saturated carbocycles. The smallest absolute Gasteiger partial charge is 0.162 e. The molecule has 102 valence electrons. The van der Waals surface area contributed by atoms with Crippen molar-refractivity contribution < 1.29 is 4.79 Å². The number of benzene rings is 1. The van der Waals surface area contributed by atoms with E-state index < -0.39 is 0 Å². The van der Waals surface area contributed by atoms with Gasteiger partial charge in [-0.3, -0.25) is 4.79 Å². The quantitative estimate of drug-likeness (QED) is 0.696. The first-order chi connectivity index (χ1) is 9.75. The molecule has 0 aliphatic heterocycles. The van der Waals surface area contributed by atoms with E-state index in [-0.39, 0.29) is 5.78 Å². The molecule has 3 rings (SSSR count). The number of nitrogens with zero attached hydrogens (tertiary/aromatic N) is 1. The first-order valence-electron chi connectivity index (χ1n) is 6.79. The first kappa shape index (κ1) is 14.0. The Morgan fingerprint density at radius 3 is 2.45 bits per heavy atom. The molecule has 0 spiro atoms. The summed E-state index contributed by atoms with van der Waals surface area (Å²) in [5.41, 5.74) is 3.56. The Hall–Kier alpha value is -2.42. The van der Waals surface area contributed by atoms with Gasteiger partial charge in [0.15, 0.2) is 5.78 Å². The number of nitrogens with one attached hydrogen (secondary N) is 1. The lowest BCUT2D eigenvalue weighted by molar-refractivity contribution is 0.101. The van der Waals surface area contributed by atoms with Crippen molar-refractivity contribution in [2.24, 2.45) is 0 Å². The SMILES string of the molecule is CC.CC(=O)c1c[nH]c2ncc(-c3ccccc3)cc12. The Balaban J connectivity index is 0.000000704. The van der Waals surface area contributed by atoms with E-state index in [4.69, 9.17) is 0 Å². The molecule has 2 heterocycles. The third-order valence-corrected chi connectivity index (χ3v) is 3.02. The lowest BCUT2D eigenvalue weighted by Crippen LogP contribution is -1.89. The summed E-state index contributed by atoms with van der Waals surface area (Å²) < 4.78 is 0. The fourth-order valence-electron chi connectivity index (χ4n) is 2.08. The van der Waals surface area contributed by atoms with Crippen molar-refractivity contribution in [3.63, 3.8) is 0 Å². The van der Waals surface area contributed by atoms with Crippen molar-refractivity contribution >= 4 is 16.8 Å². The molecule has 3 nitrogen and oxygen atoms in total. The summed E-state index contributed by atoms with van der Waals surface area (Å²) in [4.78, 5) is 18.9. The number of pyridine rings is 1. The highest BCUT2D eigenvalue weighted by molar-refractivity contribution is 6.06. The summed E-state index contributed by atoms with van der Waals surface area (Å²) in [6.45, 7) is 5.57. The van der Waals surface area contributed by atoms with E-state index in [9.17, 15) is 4.79 Å². The maximum Gasteiger partial charge on any atom is 0.162 e. The van der Waals surface area contributed by atoms with Gasteiger partial charge in [0.25, 0.3) is 0 Å². The number of carbonyl (C=O) groups is 1. The number of H-pyrrole nitrogens is 1. The van der Waals surface area contributed by atoms with Gasteiger partial charge in [-0.2, -0.15) is 0 Å². The molecule has 0 unspecified atom stereocenters. The number of rotatable bonds is 2. The van der Waals surface area contributed by atoms with Crippen molar-refractivity contribution in [1.82, 2.24) is 9.97 Å². The van der Waals surface area contributed by atoms with Crippen LogP contribution >= 0.6 is 0 Å². The molecule has 0 atom stereocenters. The maximum atomic E-state index is 11.5. The van der Waals surface area contributed by atoms with Crippen LogP contribution in [0, 0.1) is 0 Å². The van der Waals surface area contributed by atoms with Gasteiger partial charge in [-0.05, 0) is 18.6 Å². The minimum absolute atomic E-state index is 0.0493. The molecule has 3 aromatic rings. The summed E-state index contributed by atoms with van der Waals surface area (Å²) in [5, 5.41) is 0.879. The van der Waals surface area contributed by atoms with Crippen LogP contribution in [0.5, 0.6) is 0 Å². The monoisotopic (exact) mass is 266 g/mol. The van der Waals surface area contributed by atoms with E-state index in [1.54, 1.807) is 13.1 Å². The maximum absolute atomic E-state index is 11.5. The first-order valence-corrected chi connectivity index (χ1v) is 6.79. The average Bonchev–Trinajstić information content (AvgIpc) is 2.93. The van der Waals surface area contributed by atoms with E-state index in [2.05, 4.69) is 9.97 Å². The van der Waals surface area contributed by atoms with Gasteiger partial charge in [0, 0.05) is 28.9 Å². The molecular weight excluding hydrogens is 248 g/mol. The van der Waals surface area contributed by atoms with Gasteiger partial charge in [0.1, 0.15) is 5.65 Å². The summed E-state index contributed by atoms with van der Waals surface area (Å²) in [6.07, 6.45) is 3.53. The van der Waals surface area contributed by atoms with Crippen molar-refractivity contribution in [2.45, 2.75) is 20.8 Å². The van der Waals surface area contributed by atoms with E-state index in [0.29, 0.717) is 5.56 Å². The molecule has 0 amide bonds. The zero-order valence-electron chi connectivity index (χ0n) is 12.0. The van der Waals surface area contributed by atoms with Crippen molar-refractivity contribution in [3.05, 3.63) is 54.4 Å². The zero-order chi connectivity index (χ0) is 14.5. The fraction of sp³-hybridized carbons (Fsp3) is 0.176. The van der Waals surface area contributed by atoms with Gasteiger partial charge in [-0.15, -0.1) is 0 Å². The van der Waals surface area contributed by atoms with Gasteiger partial charge in [0.05, 0.1) is 0 Å². The second kappa shape index (κ2) is 6.15. The lowest BCUT2D eigenvalue weighted by atomic mass is 10.1. The van der Waals surface area contributed by atoms with Crippen molar-refractivity contribution in [2.75, 3.05) is 0 Å².